The second-order valence-corrected chi connectivity index (χ2v) is 2.13. The summed E-state index contributed by atoms with van der Waals surface area (Å²) in [5.41, 5.74) is 0.690. The van der Waals surface area contributed by atoms with Crippen LogP contribution in [-0.2, 0) is 7.05 Å². The zero-order valence-corrected chi connectivity index (χ0v) is 7.07. The van der Waals surface area contributed by atoms with Crippen molar-refractivity contribution in [3.8, 4) is 5.88 Å². The lowest BCUT2D eigenvalue weighted by Gasteiger charge is -1.93. The van der Waals surface area contributed by atoms with Gasteiger partial charge >= 0.3 is 0 Å². The van der Waals surface area contributed by atoms with Crippen LogP contribution in [0.3, 0.4) is 0 Å². The summed E-state index contributed by atoms with van der Waals surface area (Å²) < 4.78 is 1.65. The Bertz CT molecular complexity index is 209. The van der Waals surface area contributed by atoms with E-state index in [9.17, 15) is 0 Å². The van der Waals surface area contributed by atoms with Gasteiger partial charge in [0.05, 0.1) is 5.69 Å². The van der Waals surface area contributed by atoms with Gasteiger partial charge < -0.3 is 9.67 Å². The molecule has 10 heavy (non-hydrogen) atoms. The van der Waals surface area contributed by atoms with E-state index in [-0.39, 0.29) is 18.3 Å². The number of aromatic nitrogens is 2. The number of imidazole rings is 1. The van der Waals surface area contributed by atoms with Gasteiger partial charge in [0.1, 0.15) is 5.82 Å². The van der Waals surface area contributed by atoms with Gasteiger partial charge in [0.2, 0.25) is 5.88 Å². The molecule has 0 spiro atoms. The average Bonchev–Trinajstić information content (AvgIpc) is 1.98. The predicted molar refractivity (Wildman–Crippen MR) is 41.6 cm³/mol. The molecular formula is C6H11ClN2O. The molecule has 3 nitrogen and oxygen atoms in total. The van der Waals surface area contributed by atoms with E-state index in [1.165, 1.54) is 0 Å². The van der Waals surface area contributed by atoms with Crippen LogP contribution in [0.1, 0.15) is 11.5 Å². The standard InChI is InChI=1S/C6H10N2O.ClH/c1-4-6(9)8(3)5(2)7-4;/h9H,1-3H3;1H. The molecule has 1 rings (SSSR count). The van der Waals surface area contributed by atoms with Crippen molar-refractivity contribution in [2.75, 3.05) is 0 Å². The van der Waals surface area contributed by atoms with Crippen LogP contribution in [0.2, 0.25) is 0 Å². The Hall–Kier alpha value is -0.700. The zero-order chi connectivity index (χ0) is 7.02. The van der Waals surface area contributed by atoms with Crippen LogP contribution in [0.5, 0.6) is 5.88 Å². The molecule has 0 aliphatic rings. The van der Waals surface area contributed by atoms with Gasteiger partial charge in [-0.2, -0.15) is 0 Å². The van der Waals surface area contributed by atoms with Crippen molar-refractivity contribution in [1.82, 2.24) is 9.55 Å². The Morgan fingerprint density at radius 2 is 1.90 bits per heavy atom. The monoisotopic (exact) mass is 162 g/mol. The van der Waals surface area contributed by atoms with E-state index >= 15 is 0 Å². The molecule has 0 saturated heterocycles. The van der Waals surface area contributed by atoms with Crippen molar-refractivity contribution < 1.29 is 5.11 Å². The first-order valence-electron chi connectivity index (χ1n) is 2.82. The Kier molecular flexibility index (Phi) is 2.72. The fraction of sp³-hybridized carbons (Fsp3) is 0.500. The first-order valence-corrected chi connectivity index (χ1v) is 2.82. The lowest BCUT2D eigenvalue weighted by Crippen LogP contribution is -1.88. The third-order valence-corrected chi connectivity index (χ3v) is 1.46. The van der Waals surface area contributed by atoms with Crippen LogP contribution in [0, 0.1) is 13.8 Å². The highest BCUT2D eigenvalue weighted by molar-refractivity contribution is 5.85. The number of aryl methyl sites for hydroxylation is 2. The van der Waals surface area contributed by atoms with Gasteiger partial charge in [-0.05, 0) is 13.8 Å². The molecule has 4 heteroatoms. The third-order valence-electron chi connectivity index (χ3n) is 1.46. The fourth-order valence-electron chi connectivity index (χ4n) is 0.764. The summed E-state index contributed by atoms with van der Waals surface area (Å²) >= 11 is 0. The topological polar surface area (TPSA) is 38.0 Å². The third kappa shape index (κ3) is 1.24. The number of nitrogens with zero attached hydrogens (tertiary/aromatic N) is 2. The van der Waals surface area contributed by atoms with E-state index in [0.717, 1.165) is 5.82 Å². The maximum atomic E-state index is 9.13. The van der Waals surface area contributed by atoms with Gasteiger partial charge in [-0.25, -0.2) is 4.98 Å². The molecule has 1 aromatic heterocycles. The summed E-state index contributed by atoms with van der Waals surface area (Å²) in [6.07, 6.45) is 0. The fourth-order valence-corrected chi connectivity index (χ4v) is 0.764. The predicted octanol–water partition coefficient (Wildman–Crippen LogP) is 1.16. The summed E-state index contributed by atoms with van der Waals surface area (Å²) in [4.78, 5) is 4.02. The van der Waals surface area contributed by atoms with Gasteiger partial charge in [-0.1, -0.05) is 0 Å². The van der Waals surface area contributed by atoms with Gasteiger partial charge in [0.25, 0.3) is 0 Å². The number of rotatable bonds is 0. The van der Waals surface area contributed by atoms with Crippen molar-refractivity contribution >= 4 is 12.4 Å². The van der Waals surface area contributed by atoms with Crippen LogP contribution in [0.4, 0.5) is 0 Å². The maximum absolute atomic E-state index is 9.13. The smallest absolute Gasteiger partial charge is 0.214 e. The molecule has 0 bridgehead atoms. The van der Waals surface area contributed by atoms with E-state index < -0.39 is 0 Å². The molecule has 0 radical (unpaired) electrons. The van der Waals surface area contributed by atoms with Crippen LogP contribution in [0.15, 0.2) is 0 Å². The minimum absolute atomic E-state index is 0. The Morgan fingerprint density at radius 3 is 2.00 bits per heavy atom. The van der Waals surface area contributed by atoms with E-state index in [4.69, 9.17) is 5.11 Å². The molecule has 0 aromatic carbocycles. The number of aromatic hydroxyl groups is 1. The molecule has 0 fully saturated rings. The van der Waals surface area contributed by atoms with Crippen LogP contribution in [0.25, 0.3) is 0 Å². The summed E-state index contributed by atoms with van der Waals surface area (Å²) in [5, 5.41) is 9.13. The quantitative estimate of drug-likeness (QED) is 0.622. The van der Waals surface area contributed by atoms with Crippen LogP contribution in [-0.4, -0.2) is 14.7 Å². The first-order chi connectivity index (χ1) is 4.13. The van der Waals surface area contributed by atoms with Gasteiger partial charge in [-0.15, -0.1) is 12.4 Å². The second kappa shape index (κ2) is 2.92. The number of halogens is 1. The molecular weight excluding hydrogens is 152 g/mol. The molecule has 0 aliphatic carbocycles. The van der Waals surface area contributed by atoms with E-state index in [1.54, 1.807) is 18.5 Å². The SMILES string of the molecule is Cc1nc(C)n(C)c1O.Cl. The van der Waals surface area contributed by atoms with Crippen LogP contribution >= 0.6 is 12.4 Å². The summed E-state index contributed by atoms with van der Waals surface area (Å²) in [5.74, 6) is 1.09. The van der Waals surface area contributed by atoms with Gasteiger partial charge in [0.15, 0.2) is 0 Å². The van der Waals surface area contributed by atoms with Gasteiger partial charge in [-0.3, -0.25) is 0 Å². The molecule has 1 aromatic rings. The lowest BCUT2D eigenvalue weighted by molar-refractivity contribution is 0.426. The summed E-state index contributed by atoms with van der Waals surface area (Å²) in [7, 11) is 1.78. The molecule has 1 N–H and O–H groups in total. The van der Waals surface area contributed by atoms with E-state index in [1.807, 2.05) is 6.92 Å². The van der Waals surface area contributed by atoms with Gasteiger partial charge in [0, 0.05) is 7.05 Å². The summed E-state index contributed by atoms with van der Waals surface area (Å²) in [6.45, 7) is 3.63. The highest BCUT2D eigenvalue weighted by Crippen LogP contribution is 2.14. The van der Waals surface area contributed by atoms with E-state index in [2.05, 4.69) is 4.98 Å². The highest BCUT2D eigenvalue weighted by atomic mass is 35.5. The summed E-state index contributed by atoms with van der Waals surface area (Å²) in [6, 6.07) is 0. The molecule has 0 atom stereocenters. The average molecular weight is 163 g/mol. The second-order valence-electron chi connectivity index (χ2n) is 2.13. The number of hydrogen-bond donors (Lipinski definition) is 1. The van der Waals surface area contributed by atoms with Crippen molar-refractivity contribution in [2.45, 2.75) is 13.8 Å². The minimum atomic E-state index is 0. The normalized spacial score (nSPS) is 9.10. The lowest BCUT2D eigenvalue weighted by atomic mass is 10.5. The Balaban J connectivity index is 0.000000810. The Labute approximate surface area is 66.1 Å². The Morgan fingerprint density at radius 1 is 1.40 bits per heavy atom. The maximum Gasteiger partial charge on any atom is 0.214 e. The van der Waals surface area contributed by atoms with Crippen molar-refractivity contribution in [3.05, 3.63) is 11.5 Å². The molecule has 0 unspecified atom stereocenters. The number of hydrogen-bond acceptors (Lipinski definition) is 2. The first kappa shape index (κ1) is 9.30. The molecule has 1 heterocycles. The van der Waals surface area contributed by atoms with Crippen molar-refractivity contribution in [3.63, 3.8) is 0 Å². The molecule has 58 valence electrons. The van der Waals surface area contributed by atoms with Crippen LogP contribution < -0.4 is 0 Å². The largest absolute Gasteiger partial charge is 0.493 e. The molecule has 0 saturated carbocycles. The minimum Gasteiger partial charge on any atom is -0.493 e. The highest BCUT2D eigenvalue weighted by Gasteiger charge is 2.03. The van der Waals surface area contributed by atoms with Crippen molar-refractivity contribution in [1.29, 1.82) is 0 Å². The van der Waals surface area contributed by atoms with E-state index in [0.29, 0.717) is 5.69 Å². The molecule has 0 aliphatic heterocycles. The molecule has 0 amide bonds. The van der Waals surface area contributed by atoms with Crippen molar-refractivity contribution in [2.24, 2.45) is 7.05 Å². The zero-order valence-electron chi connectivity index (χ0n) is 6.25.